The van der Waals surface area contributed by atoms with E-state index in [1.807, 2.05) is 0 Å². The summed E-state index contributed by atoms with van der Waals surface area (Å²) < 4.78 is 15.3. The number of anilines is 1. The molecule has 0 bridgehead atoms. The van der Waals surface area contributed by atoms with Crippen LogP contribution in [0.1, 0.15) is 22.5 Å². The van der Waals surface area contributed by atoms with E-state index in [4.69, 9.17) is 11.6 Å². The van der Waals surface area contributed by atoms with Crippen molar-refractivity contribution in [2.75, 3.05) is 11.4 Å². The highest BCUT2D eigenvalue weighted by atomic mass is 35.5. The molecule has 2 heterocycles. The lowest BCUT2D eigenvalue weighted by molar-refractivity contribution is -0.118. The maximum atomic E-state index is 13.6. The molecule has 0 spiro atoms. The maximum Gasteiger partial charge on any atom is 0.257 e. The van der Waals surface area contributed by atoms with Gasteiger partial charge in [-0.2, -0.15) is 0 Å². The summed E-state index contributed by atoms with van der Waals surface area (Å²) in [6.45, 7) is 2.09. The average Bonchev–Trinajstić information content (AvgIpc) is 2.94. The van der Waals surface area contributed by atoms with E-state index >= 15 is 0 Å². The molecule has 0 aliphatic carbocycles. The highest BCUT2D eigenvalue weighted by molar-refractivity contribution is 6.30. The summed E-state index contributed by atoms with van der Waals surface area (Å²) in [5, 5.41) is 2.57. The highest BCUT2D eigenvalue weighted by Gasteiger charge is 2.34. The number of carbonyl (C=O) groups is 2. The minimum Gasteiger partial charge on any atom is -0.354 e. The Morgan fingerprint density at radius 3 is 2.73 bits per heavy atom. The van der Waals surface area contributed by atoms with Gasteiger partial charge in [0.05, 0.1) is 5.02 Å². The van der Waals surface area contributed by atoms with Gasteiger partial charge in [-0.1, -0.05) is 11.6 Å². The van der Waals surface area contributed by atoms with Crippen LogP contribution in [0.3, 0.4) is 0 Å². The standard InChI is InChI=1S/C18H17ClFN3O3/c1-10-7-16(24)12(9-22(10)2)17(25)21-15-5-6-23(18(15)26)11-3-4-13(19)14(20)8-11/h3-4,7-9,15H,5-6H2,1-2H3,(H,21,25). The number of hydrogen-bond acceptors (Lipinski definition) is 3. The van der Waals surface area contributed by atoms with Crippen molar-refractivity contribution in [2.45, 2.75) is 19.4 Å². The summed E-state index contributed by atoms with van der Waals surface area (Å²) in [6, 6.07) is 4.70. The molecule has 136 valence electrons. The Kier molecular flexibility index (Phi) is 4.82. The van der Waals surface area contributed by atoms with Gasteiger partial charge in [0.1, 0.15) is 17.4 Å². The Labute approximate surface area is 154 Å². The van der Waals surface area contributed by atoms with Crippen molar-refractivity contribution in [2.24, 2.45) is 7.05 Å². The van der Waals surface area contributed by atoms with Crippen molar-refractivity contribution in [3.8, 4) is 0 Å². The number of hydrogen-bond donors (Lipinski definition) is 1. The van der Waals surface area contributed by atoms with Crippen molar-refractivity contribution >= 4 is 29.1 Å². The van der Waals surface area contributed by atoms with Crippen LogP contribution in [0.25, 0.3) is 0 Å². The molecule has 2 aromatic rings. The SMILES string of the molecule is Cc1cc(=O)c(C(=O)NC2CCN(c3ccc(Cl)c(F)c3)C2=O)cn1C. The number of nitrogens with one attached hydrogen (secondary N) is 1. The predicted molar refractivity (Wildman–Crippen MR) is 96.1 cm³/mol. The molecule has 3 rings (SSSR count). The number of halogens is 2. The van der Waals surface area contributed by atoms with Crippen molar-refractivity contribution in [1.82, 2.24) is 9.88 Å². The van der Waals surface area contributed by atoms with Crippen LogP contribution in [-0.4, -0.2) is 29.0 Å². The fourth-order valence-corrected chi connectivity index (χ4v) is 2.98. The predicted octanol–water partition coefficient (Wildman–Crippen LogP) is 2.02. The highest BCUT2D eigenvalue weighted by Crippen LogP contribution is 2.25. The lowest BCUT2D eigenvalue weighted by Crippen LogP contribution is -2.43. The molecule has 2 amide bonds. The topological polar surface area (TPSA) is 71.4 Å². The normalized spacial score (nSPS) is 16.8. The summed E-state index contributed by atoms with van der Waals surface area (Å²) in [7, 11) is 1.73. The second-order valence-electron chi connectivity index (χ2n) is 6.21. The van der Waals surface area contributed by atoms with E-state index in [-0.39, 0.29) is 16.5 Å². The number of rotatable bonds is 3. The molecule has 26 heavy (non-hydrogen) atoms. The number of pyridine rings is 1. The van der Waals surface area contributed by atoms with Gasteiger partial charge >= 0.3 is 0 Å². The van der Waals surface area contributed by atoms with E-state index in [0.29, 0.717) is 18.7 Å². The van der Waals surface area contributed by atoms with Gasteiger partial charge in [0.2, 0.25) is 5.91 Å². The first kappa shape index (κ1) is 18.1. The van der Waals surface area contributed by atoms with Crippen LogP contribution in [0.5, 0.6) is 0 Å². The van der Waals surface area contributed by atoms with E-state index in [2.05, 4.69) is 5.32 Å². The van der Waals surface area contributed by atoms with Gasteiger partial charge in [-0.05, 0) is 31.5 Å². The molecule has 1 unspecified atom stereocenters. The van der Waals surface area contributed by atoms with Crippen LogP contribution in [0.2, 0.25) is 5.02 Å². The minimum absolute atomic E-state index is 0.0260. The van der Waals surface area contributed by atoms with Gasteiger partial charge in [-0.15, -0.1) is 0 Å². The van der Waals surface area contributed by atoms with Gasteiger partial charge < -0.3 is 14.8 Å². The first-order valence-electron chi connectivity index (χ1n) is 8.02. The molecule has 1 aromatic carbocycles. The van der Waals surface area contributed by atoms with Crippen LogP contribution in [-0.2, 0) is 11.8 Å². The molecule has 8 heteroatoms. The van der Waals surface area contributed by atoms with E-state index in [0.717, 1.165) is 5.69 Å². The molecule has 0 saturated carbocycles. The number of aryl methyl sites for hydroxylation is 2. The lowest BCUT2D eigenvalue weighted by Gasteiger charge is -2.17. The van der Waals surface area contributed by atoms with Crippen LogP contribution < -0.4 is 15.6 Å². The second kappa shape index (κ2) is 6.92. The zero-order chi connectivity index (χ0) is 19.0. The summed E-state index contributed by atoms with van der Waals surface area (Å²) in [4.78, 5) is 38.4. The third-order valence-electron chi connectivity index (χ3n) is 4.45. The average molecular weight is 378 g/mol. The molecule has 1 aliphatic rings. The van der Waals surface area contributed by atoms with Crippen LogP contribution in [0.4, 0.5) is 10.1 Å². The Morgan fingerprint density at radius 2 is 2.04 bits per heavy atom. The van der Waals surface area contributed by atoms with Gasteiger partial charge in [-0.3, -0.25) is 14.4 Å². The summed E-state index contributed by atoms with van der Waals surface area (Å²) >= 11 is 5.66. The molecular weight excluding hydrogens is 361 g/mol. The van der Waals surface area contributed by atoms with Crippen molar-refractivity contribution < 1.29 is 14.0 Å². The molecule has 6 nitrogen and oxygen atoms in total. The Balaban J connectivity index is 1.76. The molecular formula is C18H17ClFN3O3. The Hall–Kier alpha value is -2.67. The quantitative estimate of drug-likeness (QED) is 0.889. The monoisotopic (exact) mass is 377 g/mol. The summed E-state index contributed by atoms with van der Waals surface area (Å²) in [5.74, 6) is -1.58. The summed E-state index contributed by atoms with van der Waals surface area (Å²) in [6.07, 6.45) is 1.81. The van der Waals surface area contributed by atoms with E-state index in [1.165, 1.54) is 29.3 Å². The van der Waals surface area contributed by atoms with Crippen LogP contribution in [0, 0.1) is 12.7 Å². The zero-order valence-corrected chi connectivity index (χ0v) is 15.0. The van der Waals surface area contributed by atoms with E-state index in [9.17, 15) is 18.8 Å². The molecule has 1 N–H and O–H groups in total. The van der Waals surface area contributed by atoms with E-state index in [1.54, 1.807) is 24.6 Å². The molecule has 1 aliphatic heterocycles. The molecule has 1 atom stereocenters. The number of benzene rings is 1. The van der Waals surface area contributed by atoms with Crippen molar-refractivity contribution in [1.29, 1.82) is 0 Å². The Morgan fingerprint density at radius 1 is 1.31 bits per heavy atom. The zero-order valence-electron chi connectivity index (χ0n) is 14.3. The molecule has 1 fully saturated rings. The van der Waals surface area contributed by atoms with Crippen molar-refractivity contribution in [3.63, 3.8) is 0 Å². The van der Waals surface area contributed by atoms with Crippen LogP contribution in [0.15, 0.2) is 35.3 Å². The molecule has 1 aromatic heterocycles. The lowest BCUT2D eigenvalue weighted by atomic mass is 10.2. The fraction of sp³-hybridized carbons (Fsp3) is 0.278. The first-order chi connectivity index (χ1) is 12.3. The van der Waals surface area contributed by atoms with Crippen LogP contribution >= 0.6 is 11.6 Å². The first-order valence-corrected chi connectivity index (χ1v) is 8.40. The second-order valence-corrected chi connectivity index (χ2v) is 6.61. The summed E-state index contributed by atoms with van der Waals surface area (Å²) in [5.41, 5.74) is 0.668. The largest absolute Gasteiger partial charge is 0.354 e. The molecule has 1 saturated heterocycles. The number of amides is 2. The number of nitrogens with zero attached hydrogens (tertiary/aromatic N) is 2. The number of carbonyl (C=O) groups excluding carboxylic acids is 2. The third-order valence-corrected chi connectivity index (χ3v) is 4.76. The smallest absolute Gasteiger partial charge is 0.257 e. The molecule has 0 radical (unpaired) electrons. The van der Waals surface area contributed by atoms with Gasteiger partial charge in [0.15, 0.2) is 5.43 Å². The van der Waals surface area contributed by atoms with Gasteiger partial charge in [0.25, 0.3) is 5.91 Å². The van der Waals surface area contributed by atoms with Gasteiger partial charge in [-0.25, -0.2) is 4.39 Å². The minimum atomic E-state index is -0.771. The third kappa shape index (κ3) is 3.35. The maximum absolute atomic E-state index is 13.6. The van der Waals surface area contributed by atoms with Crippen molar-refractivity contribution in [3.05, 3.63) is 62.8 Å². The Bertz CT molecular complexity index is 957. The fourth-order valence-electron chi connectivity index (χ4n) is 2.86. The number of aromatic nitrogens is 1. The van der Waals surface area contributed by atoms with Gasteiger partial charge in [0, 0.05) is 37.2 Å². The van der Waals surface area contributed by atoms with E-state index < -0.39 is 23.2 Å².